The number of esters is 1. The summed E-state index contributed by atoms with van der Waals surface area (Å²) in [4.78, 5) is 12.6. The van der Waals surface area contributed by atoms with Gasteiger partial charge in [0.25, 0.3) is 0 Å². The number of nitrogens with two attached hydrogens (primary N) is 1. The van der Waals surface area contributed by atoms with E-state index >= 15 is 0 Å². The van der Waals surface area contributed by atoms with Crippen molar-refractivity contribution in [2.75, 3.05) is 25.6 Å². The Hall–Kier alpha value is -2.29. The van der Waals surface area contributed by atoms with Crippen molar-refractivity contribution in [2.45, 2.75) is 19.4 Å². The van der Waals surface area contributed by atoms with E-state index in [0.717, 1.165) is 12.0 Å². The Morgan fingerprint density at radius 1 is 1.31 bits per heavy atom. The van der Waals surface area contributed by atoms with Crippen molar-refractivity contribution in [1.29, 1.82) is 5.41 Å². The van der Waals surface area contributed by atoms with Crippen LogP contribution < -0.4 is 15.8 Å². The number of amidine groups is 1. The SMILES string of the molecule is CCc1cc(Br)c(OCCO)c(C(Nc2ccc(C(=N)N)cc2)C(=O)OC)c1.Cl. The first-order valence-electron chi connectivity index (χ1n) is 8.76. The van der Waals surface area contributed by atoms with Gasteiger partial charge < -0.3 is 25.6 Å². The van der Waals surface area contributed by atoms with Crippen molar-refractivity contribution in [3.63, 3.8) is 0 Å². The minimum atomic E-state index is -0.829. The predicted octanol–water partition coefficient (Wildman–Crippen LogP) is 3.41. The largest absolute Gasteiger partial charge is 0.490 e. The molecule has 7 nitrogen and oxygen atoms in total. The Kier molecular flexibility index (Phi) is 9.94. The van der Waals surface area contributed by atoms with Crippen molar-refractivity contribution >= 4 is 45.8 Å². The van der Waals surface area contributed by atoms with Crippen LogP contribution in [-0.4, -0.2) is 37.2 Å². The van der Waals surface area contributed by atoms with Gasteiger partial charge in [-0.15, -0.1) is 12.4 Å². The molecule has 0 saturated heterocycles. The minimum absolute atomic E-state index is 0. The lowest BCUT2D eigenvalue weighted by molar-refractivity contribution is -0.141. The Morgan fingerprint density at radius 3 is 2.48 bits per heavy atom. The van der Waals surface area contributed by atoms with Crippen LogP contribution in [-0.2, 0) is 16.0 Å². The number of aryl methyl sites for hydroxylation is 1. The Bertz CT molecular complexity index is 846. The average Bonchev–Trinajstić information content (AvgIpc) is 2.70. The van der Waals surface area contributed by atoms with Crippen molar-refractivity contribution in [1.82, 2.24) is 0 Å². The van der Waals surface area contributed by atoms with E-state index in [1.165, 1.54) is 7.11 Å². The van der Waals surface area contributed by atoms with E-state index in [0.29, 0.717) is 27.0 Å². The number of methoxy groups -OCH3 is 1. The maximum absolute atomic E-state index is 12.6. The summed E-state index contributed by atoms with van der Waals surface area (Å²) in [7, 11) is 1.32. The number of carbonyl (C=O) groups is 1. The van der Waals surface area contributed by atoms with Gasteiger partial charge in [-0.3, -0.25) is 5.41 Å². The number of hydrogen-bond acceptors (Lipinski definition) is 6. The van der Waals surface area contributed by atoms with Crippen LogP contribution in [0.4, 0.5) is 5.69 Å². The number of anilines is 1. The van der Waals surface area contributed by atoms with Gasteiger partial charge >= 0.3 is 5.97 Å². The second kappa shape index (κ2) is 11.6. The number of aliphatic hydroxyl groups excluding tert-OH is 1. The summed E-state index contributed by atoms with van der Waals surface area (Å²) in [6.45, 7) is 1.96. The number of ether oxygens (including phenoxy) is 2. The second-order valence-corrected chi connectivity index (χ2v) is 6.87. The van der Waals surface area contributed by atoms with Gasteiger partial charge in [-0.25, -0.2) is 4.79 Å². The van der Waals surface area contributed by atoms with Gasteiger partial charge in [0.1, 0.15) is 18.2 Å². The smallest absolute Gasteiger partial charge is 0.333 e. The van der Waals surface area contributed by atoms with Crippen LogP contribution >= 0.6 is 28.3 Å². The molecule has 29 heavy (non-hydrogen) atoms. The lowest BCUT2D eigenvalue weighted by Crippen LogP contribution is -2.24. The van der Waals surface area contributed by atoms with E-state index in [9.17, 15) is 4.79 Å². The monoisotopic (exact) mass is 485 g/mol. The zero-order valence-corrected chi connectivity index (χ0v) is 18.6. The van der Waals surface area contributed by atoms with Crippen LogP contribution in [0.25, 0.3) is 0 Å². The number of halogens is 2. The maximum atomic E-state index is 12.6. The quantitative estimate of drug-likeness (QED) is 0.245. The Labute approximate surface area is 184 Å². The molecule has 0 spiro atoms. The van der Waals surface area contributed by atoms with Crippen molar-refractivity contribution in [3.8, 4) is 5.75 Å². The molecule has 0 aliphatic carbocycles. The molecular formula is C20H25BrClN3O4. The number of carbonyl (C=O) groups excluding carboxylic acids is 1. The Balaban J connectivity index is 0.00000420. The van der Waals surface area contributed by atoms with E-state index in [4.69, 9.17) is 25.7 Å². The summed E-state index contributed by atoms with van der Waals surface area (Å²) in [5.41, 5.74) is 8.35. The molecule has 9 heteroatoms. The van der Waals surface area contributed by atoms with Crippen molar-refractivity contribution in [3.05, 3.63) is 57.6 Å². The second-order valence-electron chi connectivity index (χ2n) is 6.01. The van der Waals surface area contributed by atoms with Crippen molar-refractivity contribution < 1.29 is 19.4 Å². The number of nitrogen functional groups attached to an aromatic ring is 1. The van der Waals surface area contributed by atoms with Crippen molar-refractivity contribution in [2.24, 2.45) is 5.73 Å². The summed E-state index contributed by atoms with van der Waals surface area (Å²) in [5, 5.41) is 19.8. The third-order valence-corrected chi connectivity index (χ3v) is 4.72. The van der Waals surface area contributed by atoms with E-state index in [2.05, 4.69) is 21.2 Å². The molecule has 0 aliphatic heterocycles. The first kappa shape index (κ1) is 24.7. The van der Waals surface area contributed by atoms with Crippen LogP contribution in [0.3, 0.4) is 0 Å². The fourth-order valence-electron chi connectivity index (χ4n) is 2.69. The van der Waals surface area contributed by atoms with Crippen LogP contribution in [0, 0.1) is 5.41 Å². The number of hydrogen-bond donors (Lipinski definition) is 4. The lowest BCUT2D eigenvalue weighted by atomic mass is 10.0. The molecule has 0 aromatic heterocycles. The highest BCUT2D eigenvalue weighted by Crippen LogP contribution is 2.37. The number of benzene rings is 2. The third-order valence-electron chi connectivity index (χ3n) is 4.13. The molecular weight excluding hydrogens is 462 g/mol. The minimum Gasteiger partial charge on any atom is -0.490 e. The molecule has 0 bridgehead atoms. The summed E-state index contributed by atoms with van der Waals surface area (Å²) in [6.07, 6.45) is 0.771. The molecule has 0 aliphatic rings. The summed E-state index contributed by atoms with van der Waals surface area (Å²) < 4.78 is 11.4. The molecule has 1 unspecified atom stereocenters. The van der Waals surface area contributed by atoms with Gasteiger partial charge in [-0.05, 0) is 64.3 Å². The first-order chi connectivity index (χ1) is 13.4. The highest BCUT2D eigenvalue weighted by molar-refractivity contribution is 9.10. The van der Waals surface area contributed by atoms with E-state index < -0.39 is 12.0 Å². The fourth-order valence-corrected chi connectivity index (χ4v) is 3.32. The zero-order chi connectivity index (χ0) is 20.7. The topological polar surface area (TPSA) is 118 Å². The molecule has 1 atom stereocenters. The molecule has 0 amide bonds. The van der Waals surface area contributed by atoms with Gasteiger partial charge in [0.05, 0.1) is 18.2 Å². The molecule has 5 N–H and O–H groups in total. The molecule has 2 aromatic carbocycles. The lowest BCUT2D eigenvalue weighted by Gasteiger charge is -2.23. The predicted molar refractivity (Wildman–Crippen MR) is 119 cm³/mol. The molecule has 0 fully saturated rings. The van der Waals surface area contributed by atoms with Gasteiger partial charge in [0.2, 0.25) is 0 Å². The van der Waals surface area contributed by atoms with Gasteiger partial charge in [-0.1, -0.05) is 6.92 Å². The molecule has 0 heterocycles. The summed E-state index contributed by atoms with van der Waals surface area (Å²) in [6, 6.07) is 9.84. The summed E-state index contributed by atoms with van der Waals surface area (Å²) >= 11 is 3.50. The zero-order valence-electron chi connectivity index (χ0n) is 16.2. The van der Waals surface area contributed by atoms with Crippen LogP contribution in [0.2, 0.25) is 0 Å². The molecule has 2 aromatic rings. The third kappa shape index (κ3) is 6.35. The average molecular weight is 487 g/mol. The fraction of sp³-hybridized carbons (Fsp3) is 0.300. The Morgan fingerprint density at radius 2 is 1.97 bits per heavy atom. The molecule has 158 valence electrons. The van der Waals surface area contributed by atoms with Crippen LogP contribution in [0.5, 0.6) is 5.75 Å². The number of aliphatic hydroxyl groups is 1. The molecule has 0 radical (unpaired) electrons. The summed E-state index contributed by atoms with van der Waals surface area (Å²) in [5.74, 6) is -0.0468. The standard InChI is InChI=1S/C20H24BrN3O4.ClH/c1-3-12-10-15(18(16(21)11-12)28-9-8-25)17(20(26)27-2)24-14-6-4-13(5-7-14)19(22)23;/h4-7,10-11,17,24-25H,3,8-9H2,1-2H3,(H3,22,23);1H. The molecule has 2 rings (SSSR count). The number of nitrogens with one attached hydrogen (secondary N) is 2. The van der Waals surface area contributed by atoms with E-state index in [1.807, 2.05) is 19.1 Å². The highest BCUT2D eigenvalue weighted by Gasteiger charge is 2.27. The van der Waals surface area contributed by atoms with Gasteiger partial charge in [0, 0.05) is 16.8 Å². The maximum Gasteiger partial charge on any atom is 0.333 e. The van der Waals surface area contributed by atoms with E-state index in [1.54, 1.807) is 24.3 Å². The first-order valence-corrected chi connectivity index (χ1v) is 9.55. The normalized spacial score (nSPS) is 11.2. The van der Waals surface area contributed by atoms with Crippen LogP contribution in [0.1, 0.15) is 29.7 Å². The van der Waals surface area contributed by atoms with Gasteiger partial charge in [-0.2, -0.15) is 0 Å². The highest BCUT2D eigenvalue weighted by atomic mass is 79.9. The van der Waals surface area contributed by atoms with Crippen LogP contribution in [0.15, 0.2) is 40.9 Å². The number of rotatable bonds is 9. The van der Waals surface area contributed by atoms with Gasteiger partial charge in [0.15, 0.2) is 6.04 Å². The van der Waals surface area contributed by atoms with E-state index in [-0.39, 0.29) is 31.5 Å². The molecule has 0 saturated carbocycles.